The van der Waals surface area contributed by atoms with E-state index in [1.54, 1.807) is 0 Å². The van der Waals surface area contributed by atoms with Gasteiger partial charge in [-0.05, 0) is 34.1 Å². The normalized spacial score (nSPS) is 11.3. The summed E-state index contributed by atoms with van der Waals surface area (Å²) in [5.74, 6) is -1.28. The molecule has 0 amide bonds. The lowest BCUT2D eigenvalue weighted by Gasteiger charge is -2.01. The summed E-state index contributed by atoms with van der Waals surface area (Å²) in [7, 11) is -4.36. The van der Waals surface area contributed by atoms with Gasteiger partial charge in [0.05, 0.1) is 10.5 Å². The zero-order valence-electron chi connectivity index (χ0n) is 6.64. The van der Waals surface area contributed by atoms with Crippen molar-refractivity contribution < 1.29 is 22.9 Å². The monoisotopic (exact) mass is 280 g/mol. The van der Waals surface area contributed by atoms with Crippen molar-refractivity contribution in [2.75, 3.05) is 0 Å². The minimum absolute atomic E-state index is 0.222. The molecule has 2 N–H and O–H groups in total. The van der Waals surface area contributed by atoms with Crippen LogP contribution in [0, 0.1) is 0 Å². The summed E-state index contributed by atoms with van der Waals surface area (Å²) in [6.45, 7) is 0. The summed E-state index contributed by atoms with van der Waals surface area (Å²) in [5.41, 5.74) is -0.222. The second kappa shape index (κ2) is 3.68. The van der Waals surface area contributed by atoms with Crippen molar-refractivity contribution in [1.82, 2.24) is 0 Å². The number of hydrogen-bond donors (Lipinski definition) is 2. The van der Waals surface area contributed by atoms with Gasteiger partial charge in [0.2, 0.25) is 0 Å². The number of hydrogen-bond acceptors (Lipinski definition) is 3. The van der Waals surface area contributed by atoms with Gasteiger partial charge in [-0.2, -0.15) is 8.42 Å². The number of benzene rings is 1. The molecule has 0 aromatic heterocycles. The van der Waals surface area contributed by atoms with E-state index in [4.69, 9.17) is 9.66 Å². The Labute approximate surface area is 88.2 Å². The fourth-order valence-electron chi connectivity index (χ4n) is 0.829. The van der Waals surface area contributed by atoms with Crippen LogP contribution in [0.5, 0.6) is 0 Å². The Morgan fingerprint density at radius 2 is 1.93 bits per heavy atom. The average Bonchev–Trinajstić information content (AvgIpc) is 2.02. The van der Waals surface area contributed by atoms with Gasteiger partial charge in [-0.1, -0.05) is 0 Å². The van der Waals surface area contributed by atoms with Crippen LogP contribution in [0.25, 0.3) is 0 Å². The van der Waals surface area contributed by atoms with E-state index in [0.29, 0.717) is 0 Å². The van der Waals surface area contributed by atoms with Gasteiger partial charge < -0.3 is 5.11 Å². The maximum atomic E-state index is 10.7. The number of carboxylic acids is 1. The zero-order valence-corrected chi connectivity index (χ0v) is 9.04. The summed E-state index contributed by atoms with van der Waals surface area (Å²) in [6, 6.07) is 3.22. The minimum Gasteiger partial charge on any atom is -0.478 e. The van der Waals surface area contributed by atoms with Crippen molar-refractivity contribution in [3.63, 3.8) is 0 Å². The largest absolute Gasteiger partial charge is 0.478 e. The lowest BCUT2D eigenvalue weighted by molar-refractivity contribution is 0.0695. The second-order valence-electron chi connectivity index (χ2n) is 2.42. The van der Waals surface area contributed by atoms with E-state index >= 15 is 0 Å². The molecule has 0 aliphatic heterocycles. The molecule has 0 aliphatic rings. The van der Waals surface area contributed by atoms with Crippen LogP contribution in [-0.2, 0) is 10.1 Å². The number of rotatable bonds is 2. The second-order valence-corrected chi connectivity index (χ2v) is 4.70. The average molecular weight is 281 g/mol. The molecule has 0 heterocycles. The highest BCUT2D eigenvalue weighted by atomic mass is 79.9. The molecule has 0 spiro atoms. The first-order chi connectivity index (χ1) is 6.32. The third-order valence-electron chi connectivity index (χ3n) is 1.47. The van der Waals surface area contributed by atoms with Gasteiger partial charge in [0.1, 0.15) is 0 Å². The van der Waals surface area contributed by atoms with Crippen LogP contribution in [0.4, 0.5) is 0 Å². The van der Waals surface area contributed by atoms with Crippen molar-refractivity contribution in [1.29, 1.82) is 0 Å². The summed E-state index contributed by atoms with van der Waals surface area (Å²) in [6.07, 6.45) is 0. The van der Waals surface area contributed by atoms with Gasteiger partial charge in [0.25, 0.3) is 10.1 Å². The third kappa shape index (κ3) is 2.31. The Balaban J connectivity index is 3.42. The lowest BCUT2D eigenvalue weighted by atomic mass is 10.2. The zero-order chi connectivity index (χ0) is 10.9. The number of aromatic carboxylic acids is 1. The van der Waals surface area contributed by atoms with E-state index in [1.165, 1.54) is 6.07 Å². The molecule has 0 unspecified atom stereocenters. The number of halogens is 1. The lowest BCUT2D eigenvalue weighted by Crippen LogP contribution is -2.03. The van der Waals surface area contributed by atoms with Crippen molar-refractivity contribution >= 4 is 32.0 Å². The molecule has 76 valence electrons. The highest BCUT2D eigenvalue weighted by molar-refractivity contribution is 9.10. The van der Waals surface area contributed by atoms with E-state index in [9.17, 15) is 13.2 Å². The van der Waals surface area contributed by atoms with E-state index < -0.39 is 21.0 Å². The third-order valence-corrected chi connectivity index (χ3v) is 3.01. The van der Waals surface area contributed by atoms with Gasteiger partial charge in [0, 0.05) is 4.47 Å². The van der Waals surface area contributed by atoms with E-state index in [-0.39, 0.29) is 10.0 Å². The molecule has 14 heavy (non-hydrogen) atoms. The van der Waals surface area contributed by atoms with Crippen LogP contribution in [0.3, 0.4) is 0 Å². The van der Waals surface area contributed by atoms with Gasteiger partial charge >= 0.3 is 5.97 Å². The molecule has 0 radical (unpaired) electrons. The molecule has 0 aliphatic carbocycles. The molecule has 1 aromatic carbocycles. The molecule has 1 rings (SSSR count). The van der Waals surface area contributed by atoms with Crippen molar-refractivity contribution in [2.24, 2.45) is 0 Å². The van der Waals surface area contributed by atoms with Crippen LogP contribution >= 0.6 is 15.9 Å². The first-order valence-corrected chi connectivity index (χ1v) is 5.56. The van der Waals surface area contributed by atoms with Gasteiger partial charge in [-0.3, -0.25) is 4.55 Å². The number of carboxylic acid groups (broad SMARTS) is 1. The summed E-state index contributed by atoms with van der Waals surface area (Å²) in [5, 5.41) is 8.65. The van der Waals surface area contributed by atoms with Gasteiger partial charge in [-0.15, -0.1) is 0 Å². The molecule has 0 saturated heterocycles. The first kappa shape index (κ1) is 11.2. The SMILES string of the molecule is O=C(O)c1cc(S(=O)(=O)O)ccc1Br. The van der Waals surface area contributed by atoms with Crippen molar-refractivity contribution in [2.45, 2.75) is 4.90 Å². The minimum atomic E-state index is -4.36. The molecular weight excluding hydrogens is 276 g/mol. The molecule has 0 saturated carbocycles. The topological polar surface area (TPSA) is 91.7 Å². The van der Waals surface area contributed by atoms with E-state index in [2.05, 4.69) is 15.9 Å². The quantitative estimate of drug-likeness (QED) is 0.799. The van der Waals surface area contributed by atoms with E-state index in [0.717, 1.165) is 12.1 Å². The van der Waals surface area contributed by atoms with Crippen LogP contribution in [0.2, 0.25) is 0 Å². The summed E-state index contributed by atoms with van der Waals surface area (Å²) >= 11 is 2.94. The molecule has 1 aromatic rings. The maximum Gasteiger partial charge on any atom is 0.336 e. The highest BCUT2D eigenvalue weighted by Gasteiger charge is 2.15. The Kier molecular flexibility index (Phi) is 2.93. The summed E-state index contributed by atoms with van der Waals surface area (Å²) in [4.78, 5) is 10.1. The maximum absolute atomic E-state index is 10.7. The first-order valence-electron chi connectivity index (χ1n) is 3.32. The van der Waals surface area contributed by atoms with Crippen molar-refractivity contribution in [3.05, 3.63) is 28.2 Å². The molecule has 5 nitrogen and oxygen atoms in total. The molecule has 0 atom stereocenters. The summed E-state index contributed by atoms with van der Waals surface area (Å²) < 4.78 is 30.2. The van der Waals surface area contributed by atoms with Crippen LogP contribution in [-0.4, -0.2) is 24.0 Å². The fraction of sp³-hybridized carbons (Fsp3) is 0. The van der Waals surface area contributed by atoms with Crippen LogP contribution in [0.15, 0.2) is 27.6 Å². The Morgan fingerprint density at radius 3 is 2.36 bits per heavy atom. The Hall–Kier alpha value is -0.920. The fourth-order valence-corrected chi connectivity index (χ4v) is 1.75. The smallest absolute Gasteiger partial charge is 0.336 e. The number of carbonyl (C=O) groups is 1. The predicted octanol–water partition coefficient (Wildman–Crippen LogP) is 1.39. The van der Waals surface area contributed by atoms with E-state index in [1.807, 2.05) is 0 Å². The molecular formula is C7H5BrO5S. The standard InChI is InChI=1S/C7H5BrO5S/c8-6-2-1-4(14(11,12)13)3-5(6)7(9)10/h1-3H,(H,9,10)(H,11,12,13). The van der Waals surface area contributed by atoms with Crippen LogP contribution in [0.1, 0.15) is 10.4 Å². The molecule has 0 fully saturated rings. The predicted molar refractivity (Wildman–Crippen MR) is 50.9 cm³/mol. The Morgan fingerprint density at radius 1 is 1.36 bits per heavy atom. The van der Waals surface area contributed by atoms with Gasteiger partial charge in [-0.25, -0.2) is 4.79 Å². The van der Waals surface area contributed by atoms with Crippen LogP contribution < -0.4 is 0 Å². The molecule has 0 bridgehead atoms. The molecule has 7 heteroatoms. The van der Waals surface area contributed by atoms with Crippen molar-refractivity contribution in [3.8, 4) is 0 Å². The Bertz CT molecular complexity index is 479. The highest BCUT2D eigenvalue weighted by Crippen LogP contribution is 2.20. The van der Waals surface area contributed by atoms with Gasteiger partial charge in [0.15, 0.2) is 0 Å².